The average Bonchev–Trinajstić information content (AvgIpc) is 2.67. The largest absolute Gasteiger partial charge is 0.492 e. The van der Waals surface area contributed by atoms with Crippen molar-refractivity contribution in [3.05, 3.63) is 65.2 Å². The number of aliphatic imine (C=N–C) groups is 1. The lowest BCUT2D eigenvalue weighted by Crippen LogP contribution is -2.42. The van der Waals surface area contributed by atoms with Gasteiger partial charge in [-0.05, 0) is 24.3 Å². The van der Waals surface area contributed by atoms with Crippen LogP contribution in [0.2, 0.25) is 5.02 Å². The molecule has 0 spiro atoms. The third-order valence-corrected chi connectivity index (χ3v) is 3.78. The minimum absolute atomic E-state index is 0.198. The quantitative estimate of drug-likeness (QED) is 0.376. The molecule has 0 aliphatic rings. The normalized spacial score (nSPS) is 10.9. The summed E-state index contributed by atoms with van der Waals surface area (Å²) in [4.78, 5) is 16.2. The Bertz CT molecular complexity index is 722. The van der Waals surface area contributed by atoms with Crippen molar-refractivity contribution in [3.8, 4) is 5.75 Å². The van der Waals surface area contributed by atoms with E-state index in [0.717, 1.165) is 5.75 Å². The second kappa shape index (κ2) is 11.0. The molecule has 6 nitrogen and oxygen atoms in total. The predicted molar refractivity (Wildman–Crippen MR) is 105 cm³/mol. The van der Waals surface area contributed by atoms with E-state index in [1.165, 1.54) is 0 Å². The molecule has 2 aromatic rings. The fourth-order valence-corrected chi connectivity index (χ4v) is 2.39. The Balaban J connectivity index is 1.61. The van der Waals surface area contributed by atoms with Crippen LogP contribution in [-0.4, -0.2) is 45.2 Å². The van der Waals surface area contributed by atoms with E-state index in [9.17, 15) is 4.79 Å². The van der Waals surface area contributed by atoms with E-state index < -0.39 is 0 Å². The maximum Gasteiger partial charge on any atom is 0.252 e. The highest BCUT2D eigenvalue weighted by atomic mass is 35.5. The number of guanidine groups is 1. The third-order valence-electron chi connectivity index (χ3n) is 3.45. The molecular formula is C19H23ClN4O2. The van der Waals surface area contributed by atoms with Gasteiger partial charge in [-0.25, -0.2) is 0 Å². The Morgan fingerprint density at radius 3 is 2.35 bits per heavy atom. The maximum absolute atomic E-state index is 12.0. The molecule has 0 saturated carbocycles. The molecule has 0 radical (unpaired) electrons. The van der Waals surface area contributed by atoms with Crippen molar-refractivity contribution < 1.29 is 9.53 Å². The van der Waals surface area contributed by atoms with E-state index in [4.69, 9.17) is 16.3 Å². The molecule has 2 rings (SSSR count). The van der Waals surface area contributed by atoms with Crippen molar-refractivity contribution in [2.45, 2.75) is 0 Å². The van der Waals surface area contributed by atoms with E-state index in [-0.39, 0.29) is 5.91 Å². The molecule has 3 N–H and O–H groups in total. The average molecular weight is 375 g/mol. The Labute approximate surface area is 158 Å². The molecule has 0 aliphatic carbocycles. The van der Waals surface area contributed by atoms with Crippen LogP contribution in [0.25, 0.3) is 0 Å². The molecule has 0 unspecified atom stereocenters. The van der Waals surface area contributed by atoms with Crippen molar-refractivity contribution in [2.75, 3.05) is 33.3 Å². The Morgan fingerprint density at radius 1 is 0.962 bits per heavy atom. The second-order valence-corrected chi connectivity index (χ2v) is 5.73. The molecule has 0 saturated heterocycles. The van der Waals surface area contributed by atoms with E-state index in [0.29, 0.717) is 42.8 Å². The highest BCUT2D eigenvalue weighted by Crippen LogP contribution is 2.14. The van der Waals surface area contributed by atoms with E-state index >= 15 is 0 Å². The van der Waals surface area contributed by atoms with E-state index in [1.807, 2.05) is 30.3 Å². The summed E-state index contributed by atoms with van der Waals surface area (Å²) < 4.78 is 5.60. The van der Waals surface area contributed by atoms with E-state index in [2.05, 4.69) is 20.9 Å². The number of carbonyl (C=O) groups is 1. The Hall–Kier alpha value is -2.73. The fraction of sp³-hybridized carbons (Fsp3) is 0.263. The molecule has 138 valence electrons. The van der Waals surface area contributed by atoms with Crippen molar-refractivity contribution in [1.82, 2.24) is 16.0 Å². The van der Waals surface area contributed by atoms with Crippen molar-refractivity contribution in [1.29, 1.82) is 0 Å². The number of ether oxygens (including phenoxy) is 1. The highest BCUT2D eigenvalue weighted by Gasteiger charge is 2.08. The monoisotopic (exact) mass is 374 g/mol. The zero-order valence-electron chi connectivity index (χ0n) is 14.7. The summed E-state index contributed by atoms with van der Waals surface area (Å²) in [5.41, 5.74) is 0.467. The number of rotatable bonds is 8. The molecular weight excluding hydrogens is 352 g/mol. The second-order valence-electron chi connectivity index (χ2n) is 5.32. The number of hydrogen-bond acceptors (Lipinski definition) is 3. The van der Waals surface area contributed by atoms with Gasteiger partial charge in [-0.3, -0.25) is 9.79 Å². The first-order valence-electron chi connectivity index (χ1n) is 8.36. The number of para-hydroxylation sites is 1. The van der Waals surface area contributed by atoms with Gasteiger partial charge in [-0.15, -0.1) is 0 Å². The van der Waals surface area contributed by atoms with Crippen LogP contribution in [-0.2, 0) is 0 Å². The van der Waals surface area contributed by atoms with Crippen molar-refractivity contribution in [3.63, 3.8) is 0 Å². The predicted octanol–water partition coefficient (Wildman–Crippen LogP) is 2.31. The van der Waals surface area contributed by atoms with Gasteiger partial charge in [0.15, 0.2) is 5.96 Å². The molecule has 0 aliphatic heterocycles. The summed E-state index contributed by atoms with van der Waals surface area (Å²) in [6, 6.07) is 16.6. The SMILES string of the molecule is CN=C(NCCNC(=O)c1ccccc1Cl)NCCOc1ccccc1. The van der Waals surface area contributed by atoms with Crippen LogP contribution in [0.5, 0.6) is 5.75 Å². The van der Waals surface area contributed by atoms with Crippen LogP contribution >= 0.6 is 11.6 Å². The summed E-state index contributed by atoms with van der Waals surface area (Å²) in [5, 5.41) is 9.53. The summed E-state index contributed by atoms with van der Waals surface area (Å²) in [5.74, 6) is 1.28. The van der Waals surface area contributed by atoms with Gasteiger partial charge in [0, 0.05) is 20.1 Å². The molecule has 0 aromatic heterocycles. The van der Waals surface area contributed by atoms with Crippen LogP contribution in [0.4, 0.5) is 0 Å². The van der Waals surface area contributed by atoms with Gasteiger partial charge >= 0.3 is 0 Å². The zero-order chi connectivity index (χ0) is 18.6. The molecule has 1 amide bonds. The van der Waals surface area contributed by atoms with Crippen LogP contribution in [0.3, 0.4) is 0 Å². The minimum atomic E-state index is -0.198. The zero-order valence-corrected chi connectivity index (χ0v) is 15.4. The highest BCUT2D eigenvalue weighted by molar-refractivity contribution is 6.33. The topological polar surface area (TPSA) is 74.8 Å². The Kier molecular flexibility index (Phi) is 8.29. The number of carbonyl (C=O) groups excluding carboxylic acids is 1. The number of benzene rings is 2. The number of nitrogens with zero attached hydrogens (tertiary/aromatic N) is 1. The van der Waals surface area contributed by atoms with Gasteiger partial charge in [0.2, 0.25) is 0 Å². The number of halogens is 1. The summed E-state index contributed by atoms with van der Waals surface area (Å²) >= 11 is 6.00. The molecule has 0 bridgehead atoms. The van der Waals surface area contributed by atoms with Gasteiger partial charge in [-0.2, -0.15) is 0 Å². The third kappa shape index (κ3) is 6.64. The fourth-order valence-electron chi connectivity index (χ4n) is 2.17. The molecule has 7 heteroatoms. The van der Waals surface area contributed by atoms with Crippen molar-refractivity contribution in [2.24, 2.45) is 4.99 Å². The lowest BCUT2D eigenvalue weighted by Gasteiger charge is -2.13. The lowest BCUT2D eigenvalue weighted by atomic mass is 10.2. The maximum atomic E-state index is 12.0. The molecule has 2 aromatic carbocycles. The summed E-state index contributed by atoms with van der Waals surface area (Å²) in [6.07, 6.45) is 0. The van der Waals surface area contributed by atoms with Gasteiger partial charge < -0.3 is 20.7 Å². The van der Waals surface area contributed by atoms with Crippen LogP contribution in [0, 0.1) is 0 Å². The summed E-state index contributed by atoms with van der Waals surface area (Å²) in [7, 11) is 1.69. The first-order chi connectivity index (χ1) is 12.7. The van der Waals surface area contributed by atoms with Crippen LogP contribution < -0.4 is 20.7 Å². The number of hydrogen-bond donors (Lipinski definition) is 3. The van der Waals surface area contributed by atoms with E-state index in [1.54, 1.807) is 31.3 Å². The van der Waals surface area contributed by atoms with Gasteiger partial charge in [0.25, 0.3) is 5.91 Å². The van der Waals surface area contributed by atoms with Crippen LogP contribution in [0.1, 0.15) is 10.4 Å². The first-order valence-corrected chi connectivity index (χ1v) is 8.73. The molecule has 0 heterocycles. The molecule has 0 fully saturated rings. The van der Waals surface area contributed by atoms with Gasteiger partial charge in [0.1, 0.15) is 12.4 Å². The Morgan fingerprint density at radius 2 is 1.62 bits per heavy atom. The van der Waals surface area contributed by atoms with Gasteiger partial charge in [-0.1, -0.05) is 41.9 Å². The van der Waals surface area contributed by atoms with Gasteiger partial charge in [0.05, 0.1) is 17.1 Å². The standard InChI is InChI=1S/C19H23ClN4O2/c1-21-19(24-13-14-26-15-7-3-2-4-8-15)23-12-11-22-18(25)16-9-5-6-10-17(16)20/h2-10H,11-14H2,1H3,(H,22,25)(H2,21,23,24). The summed E-state index contributed by atoms with van der Waals surface area (Å²) in [6.45, 7) is 2.12. The molecule has 26 heavy (non-hydrogen) atoms. The smallest absolute Gasteiger partial charge is 0.252 e. The van der Waals surface area contributed by atoms with Crippen LogP contribution in [0.15, 0.2) is 59.6 Å². The van der Waals surface area contributed by atoms with Crippen molar-refractivity contribution >= 4 is 23.5 Å². The minimum Gasteiger partial charge on any atom is -0.492 e. The first kappa shape index (κ1) is 19.6. The molecule has 0 atom stereocenters. The lowest BCUT2D eigenvalue weighted by molar-refractivity contribution is 0.0954. The number of amides is 1. The number of nitrogens with one attached hydrogen (secondary N) is 3.